The first-order valence-electron chi connectivity index (χ1n) is 7.95. The summed E-state index contributed by atoms with van der Waals surface area (Å²) in [7, 11) is 1.73. The molecule has 0 fully saturated rings. The molecule has 2 heterocycles. The summed E-state index contributed by atoms with van der Waals surface area (Å²) in [5, 5.41) is 8.53. The molecule has 25 heavy (non-hydrogen) atoms. The molecule has 3 aromatic rings. The molecule has 0 aliphatic carbocycles. The highest BCUT2D eigenvalue weighted by molar-refractivity contribution is 6.30. The number of aromatic nitrogens is 3. The molecule has 2 aromatic heterocycles. The van der Waals surface area contributed by atoms with E-state index in [1.807, 2.05) is 25.1 Å². The van der Waals surface area contributed by atoms with Gasteiger partial charge < -0.3 is 9.88 Å². The van der Waals surface area contributed by atoms with Crippen LogP contribution < -0.4 is 10.9 Å². The van der Waals surface area contributed by atoms with Crippen molar-refractivity contribution < 1.29 is 4.79 Å². The number of benzene rings is 1. The van der Waals surface area contributed by atoms with Crippen molar-refractivity contribution >= 4 is 28.4 Å². The van der Waals surface area contributed by atoms with E-state index in [1.165, 1.54) is 4.57 Å². The van der Waals surface area contributed by atoms with Gasteiger partial charge >= 0.3 is 0 Å². The summed E-state index contributed by atoms with van der Waals surface area (Å²) in [6, 6.07) is 8.47. The highest BCUT2D eigenvalue weighted by Gasteiger charge is 2.19. The number of halogens is 1. The number of amides is 1. The summed E-state index contributed by atoms with van der Waals surface area (Å²) in [5.41, 5.74) is 1.96. The molecular weight excluding hydrogens is 340 g/mol. The van der Waals surface area contributed by atoms with Crippen LogP contribution in [0.5, 0.6) is 0 Å². The van der Waals surface area contributed by atoms with Crippen molar-refractivity contribution in [3.05, 3.63) is 63.2 Å². The first kappa shape index (κ1) is 17.2. The minimum atomic E-state index is -0.633. The third kappa shape index (κ3) is 3.30. The molecule has 0 aliphatic rings. The van der Waals surface area contributed by atoms with Crippen molar-refractivity contribution in [1.29, 1.82) is 0 Å². The number of nitrogens with zero attached hydrogens (tertiary/aromatic N) is 3. The van der Waals surface area contributed by atoms with Gasteiger partial charge in [-0.15, -0.1) is 0 Å². The molecule has 1 unspecified atom stereocenters. The van der Waals surface area contributed by atoms with E-state index in [-0.39, 0.29) is 11.5 Å². The molecule has 0 saturated heterocycles. The second-order valence-corrected chi connectivity index (χ2v) is 6.46. The van der Waals surface area contributed by atoms with Crippen LogP contribution in [0.15, 0.2) is 41.3 Å². The largest absolute Gasteiger partial charge is 0.350 e. The second kappa shape index (κ2) is 6.72. The average Bonchev–Trinajstić information content (AvgIpc) is 2.87. The molecule has 0 saturated carbocycles. The SMILES string of the molecule is Cc1nn(C)c2c(=O)n(C(C)C(=O)NCc3cccc(Cl)c3)ccc12. The maximum Gasteiger partial charge on any atom is 0.277 e. The van der Waals surface area contributed by atoms with Crippen LogP contribution in [-0.4, -0.2) is 20.3 Å². The zero-order valence-corrected chi connectivity index (χ0v) is 15.0. The van der Waals surface area contributed by atoms with E-state index in [2.05, 4.69) is 10.4 Å². The number of carbonyl (C=O) groups excluding carboxylic acids is 1. The van der Waals surface area contributed by atoms with E-state index >= 15 is 0 Å². The normalized spacial score (nSPS) is 12.3. The molecule has 1 amide bonds. The molecule has 1 aromatic carbocycles. The Balaban J connectivity index is 1.82. The summed E-state index contributed by atoms with van der Waals surface area (Å²) < 4.78 is 2.98. The quantitative estimate of drug-likeness (QED) is 0.779. The lowest BCUT2D eigenvalue weighted by Crippen LogP contribution is -2.35. The van der Waals surface area contributed by atoms with Gasteiger partial charge in [-0.25, -0.2) is 0 Å². The van der Waals surface area contributed by atoms with Gasteiger partial charge in [-0.3, -0.25) is 14.3 Å². The van der Waals surface area contributed by atoms with Crippen molar-refractivity contribution in [3.8, 4) is 0 Å². The highest BCUT2D eigenvalue weighted by atomic mass is 35.5. The van der Waals surface area contributed by atoms with Gasteiger partial charge in [0.2, 0.25) is 5.91 Å². The van der Waals surface area contributed by atoms with Crippen molar-refractivity contribution in [3.63, 3.8) is 0 Å². The fourth-order valence-electron chi connectivity index (χ4n) is 2.89. The lowest BCUT2D eigenvalue weighted by Gasteiger charge is -2.15. The Morgan fingerprint density at radius 3 is 2.84 bits per heavy atom. The van der Waals surface area contributed by atoms with Gasteiger partial charge in [0.1, 0.15) is 11.6 Å². The minimum Gasteiger partial charge on any atom is -0.350 e. The number of hydrogen-bond acceptors (Lipinski definition) is 3. The Hall–Kier alpha value is -2.60. The Labute approximate surface area is 150 Å². The Kier molecular flexibility index (Phi) is 4.63. The number of nitrogens with one attached hydrogen (secondary N) is 1. The van der Waals surface area contributed by atoms with Crippen LogP contribution in [0.4, 0.5) is 0 Å². The summed E-state index contributed by atoms with van der Waals surface area (Å²) in [5.74, 6) is -0.236. The summed E-state index contributed by atoms with van der Waals surface area (Å²) in [4.78, 5) is 25.2. The predicted octanol–water partition coefficient (Wildman–Crippen LogP) is 2.57. The smallest absolute Gasteiger partial charge is 0.277 e. The van der Waals surface area contributed by atoms with E-state index in [0.29, 0.717) is 17.1 Å². The Morgan fingerprint density at radius 2 is 2.12 bits per heavy atom. The van der Waals surface area contributed by atoms with Crippen LogP contribution >= 0.6 is 11.6 Å². The first-order chi connectivity index (χ1) is 11.9. The monoisotopic (exact) mass is 358 g/mol. The van der Waals surface area contributed by atoms with Crippen LogP contribution in [0, 0.1) is 6.92 Å². The van der Waals surface area contributed by atoms with Gasteiger partial charge in [-0.05, 0) is 37.6 Å². The van der Waals surface area contributed by atoms with Gasteiger partial charge in [-0.2, -0.15) is 5.10 Å². The maximum atomic E-state index is 12.7. The molecule has 0 bridgehead atoms. The molecule has 1 N–H and O–H groups in total. The molecule has 7 heteroatoms. The summed E-state index contributed by atoms with van der Waals surface area (Å²) >= 11 is 5.95. The van der Waals surface area contributed by atoms with Crippen LogP contribution in [0.2, 0.25) is 5.02 Å². The van der Waals surface area contributed by atoms with Gasteiger partial charge in [0.15, 0.2) is 0 Å². The first-order valence-corrected chi connectivity index (χ1v) is 8.33. The molecule has 1 atom stereocenters. The number of aryl methyl sites for hydroxylation is 2. The van der Waals surface area contributed by atoms with Crippen molar-refractivity contribution in [1.82, 2.24) is 19.7 Å². The average molecular weight is 359 g/mol. The van der Waals surface area contributed by atoms with Gasteiger partial charge in [-0.1, -0.05) is 23.7 Å². The molecule has 3 rings (SSSR count). The molecule has 0 aliphatic heterocycles. The maximum absolute atomic E-state index is 12.7. The molecule has 130 valence electrons. The van der Waals surface area contributed by atoms with Crippen molar-refractivity contribution in [2.45, 2.75) is 26.4 Å². The number of rotatable bonds is 4. The second-order valence-electron chi connectivity index (χ2n) is 6.02. The Morgan fingerprint density at radius 1 is 1.36 bits per heavy atom. The van der Waals surface area contributed by atoms with Crippen LogP contribution in [-0.2, 0) is 18.4 Å². The molecular formula is C18H19ClN4O2. The van der Waals surface area contributed by atoms with Gasteiger partial charge in [0.25, 0.3) is 5.56 Å². The molecule has 6 nitrogen and oxygen atoms in total. The topological polar surface area (TPSA) is 68.9 Å². The summed E-state index contributed by atoms with van der Waals surface area (Å²) in [6.45, 7) is 3.91. The minimum absolute atomic E-state index is 0.231. The standard InChI is InChI=1S/C18H19ClN4O2/c1-11-15-7-8-23(18(25)16(15)22(3)21-11)12(2)17(24)20-10-13-5-4-6-14(19)9-13/h4-9,12H,10H2,1-3H3,(H,20,24). The lowest BCUT2D eigenvalue weighted by molar-refractivity contribution is -0.124. The van der Waals surface area contributed by atoms with Gasteiger partial charge in [0, 0.05) is 30.2 Å². The van der Waals surface area contributed by atoms with E-state index in [4.69, 9.17) is 11.6 Å². The van der Waals surface area contributed by atoms with E-state index < -0.39 is 6.04 Å². The zero-order valence-electron chi connectivity index (χ0n) is 14.3. The van der Waals surface area contributed by atoms with Crippen molar-refractivity contribution in [2.75, 3.05) is 0 Å². The van der Waals surface area contributed by atoms with Crippen LogP contribution in [0.1, 0.15) is 24.2 Å². The number of pyridine rings is 1. The van der Waals surface area contributed by atoms with Crippen molar-refractivity contribution in [2.24, 2.45) is 7.05 Å². The highest BCUT2D eigenvalue weighted by Crippen LogP contribution is 2.15. The van der Waals surface area contributed by atoms with E-state index in [1.54, 1.807) is 37.0 Å². The fraction of sp³-hybridized carbons (Fsp3) is 0.278. The molecule has 0 radical (unpaired) electrons. The van der Waals surface area contributed by atoms with E-state index in [9.17, 15) is 9.59 Å². The van der Waals surface area contributed by atoms with Crippen LogP contribution in [0.25, 0.3) is 10.9 Å². The fourth-order valence-corrected chi connectivity index (χ4v) is 3.10. The number of carbonyl (C=O) groups is 1. The van der Waals surface area contributed by atoms with Gasteiger partial charge in [0.05, 0.1) is 5.69 Å². The zero-order chi connectivity index (χ0) is 18.1. The van der Waals surface area contributed by atoms with E-state index in [0.717, 1.165) is 16.6 Å². The Bertz CT molecular complexity index is 1010. The summed E-state index contributed by atoms with van der Waals surface area (Å²) in [6.07, 6.45) is 1.64. The third-order valence-electron chi connectivity index (χ3n) is 4.26. The van der Waals surface area contributed by atoms with Crippen LogP contribution in [0.3, 0.4) is 0 Å². The molecule has 0 spiro atoms. The predicted molar refractivity (Wildman–Crippen MR) is 97.7 cm³/mol. The lowest BCUT2D eigenvalue weighted by atomic mass is 10.2. The third-order valence-corrected chi connectivity index (χ3v) is 4.49. The number of hydrogen-bond donors (Lipinski definition) is 1. The number of fused-ring (bicyclic) bond motifs is 1.